The Kier molecular flexibility index (Phi) is 4.44. The number of nitrogens with two attached hydrogens (primary N) is 1. The lowest BCUT2D eigenvalue weighted by Crippen LogP contribution is -2.38. The fraction of sp³-hybridized carbons (Fsp3) is 0.571. The van der Waals surface area contributed by atoms with Gasteiger partial charge in [0.05, 0.1) is 20.3 Å². The Morgan fingerprint density at radius 2 is 2.22 bits per heavy atom. The number of hydrogen-bond acceptors (Lipinski definition) is 4. The van der Waals surface area contributed by atoms with E-state index in [9.17, 15) is 0 Å². The monoisotopic (exact) mass is 251 g/mol. The van der Waals surface area contributed by atoms with Crippen LogP contribution in [0, 0.1) is 0 Å². The van der Waals surface area contributed by atoms with Crippen LogP contribution in [0.5, 0.6) is 11.5 Å². The highest BCUT2D eigenvalue weighted by atomic mass is 16.6. The van der Waals surface area contributed by atoms with Crippen LogP contribution in [0.25, 0.3) is 0 Å². The van der Waals surface area contributed by atoms with Gasteiger partial charge in [0, 0.05) is 5.56 Å². The number of ether oxygens (including phenoxy) is 3. The maximum atomic E-state index is 5.98. The lowest BCUT2D eigenvalue weighted by Gasteiger charge is -2.29. The van der Waals surface area contributed by atoms with Crippen LogP contribution in [-0.4, -0.2) is 33.0 Å². The van der Waals surface area contributed by atoms with Crippen molar-refractivity contribution in [2.75, 3.05) is 26.9 Å². The summed E-state index contributed by atoms with van der Waals surface area (Å²) < 4.78 is 16.5. The molecule has 1 saturated heterocycles. The van der Waals surface area contributed by atoms with E-state index in [4.69, 9.17) is 19.9 Å². The summed E-state index contributed by atoms with van der Waals surface area (Å²) in [6, 6.07) is 6.00. The van der Waals surface area contributed by atoms with Crippen LogP contribution in [0.15, 0.2) is 18.2 Å². The van der Waals surface area contributed by atoms with Crippen LogP contribution in [0.4, 0.5) is 0 Å². The molecule has 1 atom stereocenters. The van der Waals surface area contributed by atoms with Gasteiger partial charge in [-0.2, -0.15) is 0 Å². The van der Waals surface area contributed by atoms with Crippen molar-refractivity contribution in [3.8, 4) is 11.5 Å². The topological polar surface area (TPSA) is 53.7 Å². The smallest absolute Gasteiger partial charge is 0.165 e. The molecule has 0 radical (unpaired) electrons. The maximum absolute atomic E-state index is 5.98. The molecule has 0 bridgehead atoms. The van der Waals surface area contributed by atoms with Crippen molar-refractivity contribution in [1.29, 1.82) is 0 Å². The highest BCUT2D eigenvalue weighted by Gasteiger charge is 2.24. The van der Waals surface area contributed by atoms with Crippen molar-refractivity contribution in [3.05, 3.63) is 23.8 Å². The molecule has 100 valence electrons. The second-order valence-electron chi connectivity index (χ2n) is 4.63. The average molecular weight is 251 g/mol. The first-order valence-electron chi connectivity index (χ1n) is 6.37. The molecule has 0 aromatic heterocycles. The van der Waals surface area contributed by atoms with Crippen LogP contribution in [0.1, 0.15) is 24.8 Å². The molecule has 0 saturated carbocycles. The fourth-order valence-corrected chi connectivity index (χ4v) is 2.06. The molecule has 0 spiro atoms. The number of hydrogen-bond donors (Lipinski definition) is 1. The molecule has 0 aliphatic carbocycles. The Bertz CT molecular complexity index is 391. The van der Waals surface area contributed by atoms with E-state index in [0.717, 1.165) is 23.5 Å². The first-order valence-corrected chi connectivity index (χ1v) is 6.37. The second-order valence-corrected chi connectivity index (χ2v) is 4.63. The average Bonchev–Trinajstić information content (AvgIpc) is 2.33. The quantitative estimate of drug-likeness (QED) is 0.839. The Labute approximate surface area is 108 Å². The van der Waals surface area contributed by atoms with Gasteiger partial charge in [-0.1, -0.05) is 19.1 Å². The highest BCUT2D eigenvalue weighted by Crippen LogP contribution is 2.37. The Balaban J connectivity index is 2.24. The summed E-state index contributed by atoms with van der Waals surface area (Å²) in [7, 11) is 1.66. The minimum atomic E-state index is 0.144. The molecule has 1 aliphatic rings. The first-order chi connectivity index (χ1) is 8.76. The van der Waals surface area contributed by atoms with E-state index in [1.54, 1.807) is 7.11 Å². The second kappa shape index (κ2) is 6.07. The van der Waals surface area contributed by atoms with Gasteiger partial charge in [-0.05, 0) is 24.9 Å². The summed E-state index contributed by atoms with van der Waals surface area (Å²) in [5.74, 6) is 1.98. The zero-order valence-electron chi connectivity index (χ0n) is 11.0. The molecule has 18 heavy (non-hydrogen) atoms. The third kappa shape index (κ3) is 2.76. The van der Waals surface area contributed by atoms with Crippen LogP contribution in [-0.2, 0) is 4.74 Å². The molecule has 1 unspecified atom stereocenters. The number of benzene rings is 1. The van der Waals surface area contributed by atoms with E-state index in [1.165, 1.54) is 0 Å². The molecular formula is C14H21NO3. The third-order valence-electron chi connectivity index (χ3n) is 3.25. The van der Waals surface area contributed by atoms with Crippen molar-refractivity contribution in [3.63, 3.8) is 0 Å². The van der Waals surface area contributed by atoms with Crippen LogP contribution in [0.3, 0.4) is 0 Å². The minimum absolute atomic E-state index is 0.144. The summed E-state index contributed by atoms with van der Waals surface area (Å²) in [6.07, 6.45) is 1.08. The molecule has 4 nitrogen and oxygen atoms in total. The third-order valence-corrected chi connectivity index (χ3v) is 3.25. The molecule has 1 aromatic carbocycles. The number of para-hydroxylation sites is 1. The molecule has 2 rings (SSSR count). The molecule has 1 heterocycles. The zero-order valence-corrected chi connectivity index (χ0v) is 11.0. The normalized spacial score (nSPS) is 17.1. The predicted octanol–water partition coefficient (Wildman–Crippen LogP) is 1.93. The van der Waals surface area contributed by atoms with Gasteiger partial charge in [0.2, 0.25) is 0 Å². The van der Waals surface area contributed by atoms with Crippen molar-refractivity contribution in [2.45, 2.75) is 25.4 Å². The van der Waals surface area contributed by atoms with Crippen LogP contribution >= 0.6 is 0 Å². The number of rotatable bonds is 6. The standard InChI is InChI=1S/C14H21NO3/c1-10(6-7-15)12-4-3-5-13(16-2)14(12)18-11-8-17-9-11/h3-5,10-11H,6-9,15H2,1-2H3. The Hall–Kier alpha value is -1.26. The van der Waals surface area contributed by atoms with Crippen molar-refractivity contribution in [2.24, 2.45) is 5.73 Å². The van der Waals surface area contributed by atoms with Gasteiger partial charge in [-0.25, -0.2) is 0 Å². The van der Waals surface area contributed by atoms with Crippen molar-refractivity contribution < 1.29 is 14.2 Å². The lowest BCUT2D eigenvalue weighted by atomic mass is 9.96. The predicted molar refractivity (Wildman–Crippen MR) is 70.3 cm³/mol. The molecule has 1 aromatic rings. The summed E-state index contributed by atoms with van der Waals surface area (Å²) in [5, 5.41) is 0. The van der Waals surface area contributed by atoms with Crippen molar-refractivity contribution in [1.82, 2.24) is 0 Å². The summed E-state index contributed by atoms with van der Waals surface area (Å²) >= 11 is 0. The zero-order chi connectivity index (χ0) is 13.0. The van der Waals surface area contributed by atoms with Gasteiger partial charge in [0.15, 0.2) is 11.5 Å². The molecular weight excluding hydrogens is 230 g/mol. The van der Waals surface area contributed by atoms with E-state index in [1.807, 2.05) is 12.1 Å². The van der Waals surface area contributed by atoms with Gasteiger partial charge in [0.25, 0.3) is 0 Å². The minimum Gasteiger partial charge on any atom is -0.493 e. The van der Waals surface area contributed by atoms with Gasteiger partial charge < -0.3 is 19.9 Å². The largest absolute Gasteiger partial charge is 0.493 e. The molecule has 4 heteroatoms. The van der Waals surface area contributed by atoms with E-state index in [0.29, 0.717) is 25.7 Å². The summed E-state index contributed by atoms with van der Waals surface area (Å²) in [5.41, 5.74) is 6.79. The van der Waals surface area contributed by atoms with Gasteiger partial charge in [-0.15, -0.1) is 0 Å². The van der Waals surface area contributed by atoms with Gasteiger partial charge >= 0.3 is 0 Å². The van der Waals surface area contributed by atoms with Crippen LogP contribution < -0.4 is 15.2 Å². The number of methoxy groups -OCH3 is 1. The Morgan fingerprint density at radius 3 is 2.78 bits per heavy atom. The Morgan fingerprint density at radius 1 is 1.44 bits per heavy atom. The SMILES string of the molecule is COc1cccc(C(C)CCN)c1OC1COC1. The van der Waals surface area contributed by atoms with Gasteiger partial charge in [0.1, 0.15) is 6.10 Å². The van der Waals surface area contributed by atoms with E-state index < -0.39 is 0 Å². The van der Waals surface area contributed by atoms with Gasteiger partial charge in [-0.3, -0.25) is 0 Å². The summed E-state index contributed by atoms with van der Waals surface area (Å²) in [4.78, 5) is 0. The summed E-state index contributed by atoms with van der Waals surface area (Å²) in [6.45, 7) is 4.14. The van der Waals surface area contributed by atoms with E-state index in [-0.39, 0.29) is 6.10 Å². The van der Waals surface area contributed by atoms with Crippen molar-refractivity contribution >= 4 is 0 Å². The lowest BCUT2D eigenvalue weighted by molar-refractivity contribution is -0.0807. The van der Waals surface area contributed by atoms with E-state index >= 15 is 0 Å². The highest BCUT2D eigenvalue weighted by molar-refractivity contribution is 5.48. The van der Waals surface area contributed by atoms with E-state index in [2.05, 4.69) is 13.0 Å². The maximum Gasteiger partial charge on any atom is 0.165 e. The first kappa shape index (κ1) is 13.2. The molecule has 1 fully saturated rings. The molecule has 1 aliphatic heterocycles. The fourth-order valence-electron chi connectivity index (χ4n) is 2.06. The molecule has 0 amide bonds. The van der Waals surface area contributed by atoms with Crippen LogP contribution in [0.2, 0.25) is 0 Å². The molecule has 2 N–H and O–H groups in total.